The van der Waals surface area contributed by atoms with Crippen LogP contribution in [-0.4, -0.2) is 21.2 Å². The Bertz CT molecular complexity index is 493. The first-order valence-electron chi connectivity index (χ1n) is 5.64. The van der Waals surface area contributed by atoms with Crippen LogP contribution in [0.4, 0.5) is 0 Å². The molecular formula is C12H16N4O. The number of nitrogens with zero attached hydrogens (tertiary/aromatic N) is 3. The zero-order valence-corrected chi connectivity index (χ0v) is 10.3. The van der Waals surface area contributed by atoms with Gasteiger partial charge in [0.2, 0.25) is 5.89 Å². The number of pyridine rings is 1. The third kappa shape index (κ3) is 2.88. The number of hydrogen-bond acceptors (Lipinski definition) is 5. The van der Waals surface area contributed by atoms with E-state index in [9.17, 15) is 0 Å². The molecule has 5 nitrogen and oxygen atoms in total. The van der Waals surface area contributed by atoms with E-state index in [4.69, 9.17) is 4.42 Å². The van der Waals surface area contributed by atoms with Gasteiger partial charge in [0.1, 0.15) is 5.69 Å². The van der Waals surface area contributed by atoms with Crippen molar-refractivity contribution < 1.29 is 4.42 Å². The van der Waals surface area contributed by atoms with Crippen LogP contribution in [0.2, 0.25) is 0 Å². The highest BCUT2D eigenvalue weighted by molar-refractivity contribution is 5.51. The van der Waals surface area contributed by atoms with Crippen LogP contribution in [0, 0.1) is 6.92 Å². The van der Waals surface area contributed by atoms with Gasteiger partial charge in [-0.2, -0.15) is 0 Å². The highest BCUT2D eigenvalue weighted by Gasteiger charge is 2.11. The first kappa shape index (κ1) is 11.7. The molecule has 0 aliphatic carbocycles. The highest BCUT2D eigenvalue weighted by Crippen LogP contribution is 2.18. The average Bonchev–Trinajstić information content (AvgIpc) is 2.75. The lowest BCUT2D eigenvalue weighted by Crippen LogP contribution is -2.21. The quantitative estimate of drug-likeness (QED) is 0.872. The van der Waals surface area contributed by atoms with Crippen LogP contribution in [-0.2, 0) is 6.54 Å². The molecule has 0 saturated heterocycles. The van der Waals surface area contributed by atoms with E-state index in [0.29, 0.717) is 24.4 Å². The van der Waals surface area contributed by atoms with E-state index < -0.39 is 0 Å². The summed E-state index contributed by atoms with van der Waals surface area (Å²) in [5.41, 5.74) is 1.77. The van der Waals surface area contributed by atoms with Gasteiger partial charge >= 0.3 is 0 Å². The van der Waals surface area contributed by atoms with Gasteiger partial charge in [-0.1, -0.05) is 19.9 Å². The molecule has 2 heterocycles. The Morgan fingerprint density at radius 3 is 2.88 bits per heavy atom. The third-order valence-electron chi connectivity index (χ3n) is 2.34. The minimum Gasteiger partial charge on any atom is -0.418 e. The molecule has 0 bridgehead atoms. The molecular weight excluding hydrogens is 216 g/mol. The van der Waals surface area contributed by atoms with Crippen LogP contribution < -0.4 is 5.32 Å². The van der Waals surface area contributed by atoms with Gasteiger partial charge in [0, 0.05) is 12.2 Å². The molecule has 0 atom stereocenters. The summed E-state index contributed by atoms with van der Waals surface area (Å²) < 4.78 is 5.55. The Morgan fingerprint density at radius 1 is 1.35 bits per heavy atom. The molecule has 1 N–H and O–H groups in total. The Kier molecular flexibility index (Phi) is 3.49. The fraction of sp³-hybridized carbons (Fsp3) is 0.417. The zero-order valence-electron chi connectivity index (χ0n) is 10.3. The van der Waals surface area contributed by atoms with Crippen molar-refractivity contribution in [3.63, 3.8) is 0 Å². The van der Waals surface area contributed by atoms with E-state index in [-0.39, 0.29) is 0 Å². The first-order chi connectivity index (χ1) is 8.16. The van der Waals surface area contributed by atoms with Crippen LogP contribution in [0.25, 0.3) is 11.6 Å². The zero-order chi connectivity index (χ0) is 12.3. The molecule has 2 aromatic rings. The van der Waals surface area contributed by atoms with Crippen molar-refractivity contribution in [1.82, 2.24) is 20.5 Å². The van der Waals surface area contributed by atoms with Crippen LogP contribution in [0.15, 0.2) is 22.7 Å². The fourth-order valence-electron chi connectivity index (χ4n) is 1.42. The molecule has 0 aliphatic heterocycles. The fourth-order valence-corrected chi connectivity index (χ4v) is 1.42. The van der Waals surface area contributed by atoms with E-state index in [1.807, 2.05) is 19.1 Å². The van der Waals surface area contributed by atoms with Crippen LogP contribution >= 0.6 is 0 Å². The van der Waals surface area contributed by atoms with E-state index in [1.54, 1.807) is 6.20 Å². The first-order valence-corrected chi connectivity index (χ1v) is 5.64. The summed E-state index contributed by atoms with van der Waals surface area (Å²) >= 11 is 0. The highest BCUT2D eigenvalue weighted by atomic mass is 16.4. The van der Waals surface area contributed by atoms with Gasteiger partial charge < -0.3 is 9.73 Å². The number of rotatable bonds is 4. The van der Waals surface area contributed by atoms with Crippen LogP contribution in [0.3, 0.4) is 0 Å². The van der Waals surface area contributed by atoms with Gasteiger partial charge in [-0.25, -0.2) is 0 Å². The molecule has 0 spiro atoms. The van der Waals surface area contributed by atoms with Crippen molar-refractivity contribution >= 4 is 0 Å². The second-order valence-electron chi connectivity index (χ2n) is 4.21. The summed E-state index contributed by atoms with van der Waals surface area (Å²) in [5, 5.41) is 11.2. The van der Waals surface area contributed by atoms with Gasteiger partial charge in [0.05, 0.1) is 6.54 Å². The Labute approximate surface area is 100 Å². The maximum Gasteiger partial charge on any atom is 0.266 e. The Balaban J connectivity index is 2.16. The molecule has 2 rings (SSSR count). The van der Waals surface area contributed by atoms with Crippen molar-refractivity contribution in [1.29, 1.82) is 0 Å². The second-order valence-corrected chi connectivity index (χ2v) is 4.21. The molecule has 5 heteroatoms. The molecule has 0 radical (unpaired) electrons. The Hall–Kier alpha value is -1.75. The lowest BCUT2D eigenvalue weighted by atomic mass is 10.2. The minimum atomic E-state index is 0.391. The van der Waals surface area contributed by atoms with E-state index in [1.165, 1.54) is 0 Å². The van der Waals surface area contributed by atoms with Crippen molar-refractivity contribution in [2.24, 2.45) is 0 Å². The molecule has 0 aliphatic rings. The van der Waals surface area contributed by atoms with Crippen molar-refractivity contribution in [2.45, 2.75) is 33.4 Å². The minimum absolute atomic E-state index is 0.391. The van der Waals surface area contributed by atoms with Gasteiger partial charge in [0.15, 0.2) is 0 Å². The molecule has 0 unspecified atom stereocenters. The number of hydrogen-bond donors (Lipinski definition) is 1. The maximum absolute atomic E-state index is 5.55. The monoisotopic (exact) mass is 232 g/mol. The topological polar surface area (TPSA) is 63.8 Å². The summed E-state index contributed by atoms with van der Waals surface area (Å²) in [7, 11) is 0. The summed E-state index contributed by atoms with van der Waals surface area (Å²) in [6.45, 7) is 6.69. The van der Waals surface area contributed by atoms with E-state index in [0.717, 1.165) is 11.3 Å². The molecule has 0 saturated carbocycles. The summed E-state index contributed by atoms with van der Waals surface area (Å²) in [4.78, 5) is 4.24. The van der Waals surface area contributed by atoms with Crippen molar-refractivity contribution in [2.75, 3.05) is 0 Å². The van der Waals surface area contributed by atoms with Crippen molar-refractivity contribution in [3.8, 4) is 11.6 Å². The van der Waals surface area contributed by atoms with Crippen molar-refractivity contribution in [3.05, 3.63) is 29.8 Å². The van der Waals surface area contributed by atoms with Gasteiger partial charge in [-0.05, 0) is 18.6 Å². The summed E-state index contributed by atoms with van der Waals surface area (Å²) in [6, 6.07) is 4.25. The molecule has 0 fully saturated rings. The van der Waals surface area contributed by atoms with Crippen LogP contribution in [0.5, 0.6) is 0 Å². The maximum atomic E-state index is 5.55. The lowest BCUT2D eigenvalue weighted by Gasteiger charge is -2.03. The van der Waals surface area contributed by atoms with Gasteiger partial charge in [0.25, 0.3) is 5.89 Å². The Morgan fingerprint density at radius 2 is 2.18 bits per heavy atom. The lowest BCUT2D eigenvalue weighted by molar-refractivity contribution is 0.458. The number of aromatic nitrogens is 3. The van der Waals surface area contributed by atoms with E-state index in [2.05, 4.69) is 34.3 Å². The number of nitrogens with one attached hydrogen (secondary N) is 1. The largest absolute Gasteiger partial charge is 0.418 e. The summed E-state index contributed by atoms with van der Waals surface area (Å²) in [5.74, 6) is 1.06. The molecule has 17 heavy (non-hydrogen) atoms. The molecule has 0 amide bonds. The average molecular weight is 232 g/mol. The molecule has 0 aromatic carbocycles. The normalized spacial score (nSPS) is 11.1. The molecule has 2 aromatic heterocycles. The van der Waals surface area contributed by atoms with Crippen LogP contribution in [0.1, 0.15) is 25.3 Å². The SMILES string of the molecule is Cc1cccnc1-c1nnc(CNC(C)C)o1. The van der Waals surface area contributed by atoms with Gasteiger partial charge in [-0.15, -0.1) is 10.2 Å². The second kappa shape index (κ2) is 5.05. The standard InChI is InChI=1S/C12H16N4O/c1-8(2)14-7-10-15-16-12(17-10)11-9(3)5-4-6-13-11/h4-6,8,14H,7H2,1-3H3. The van der Waals surface area contributed by atoms with E-state index >= 15 is 0 Å². The number of aryl methyl sites for hydroxylation is 1. The smallest absolute Gasteiger partial charge is 0.266 e. The summed E-state index contributed by atoms with van der Waals surface area (Å²) in [6.07, 6.45) is 1.72. The predicted octanol–water partition coefficient (Wildman–Crippen LogP) is 1.94. The van der Waals surface area contributed by atoms with Gasteiger partial charge in [-0.3, -0.25) is 4.98 Å². The molecule has 90 valence electrons. The predicted molar refractivity (Wildman–Crippen MR) is 64.2 cm³/mol. The third-order valence-corrected chi connectivity index (χ3v) is 2.34.